The molecule has 1 atom stereocenters. The van der Waals surface area contributed by atoms with Crippen LogP contribution in [0.2, 0.25) is 5.02 Å². The highest BCUT2D eigenvalue weighted by Gasteiger charge is 2.35. The van der Waals surface area contributed by atoms with Crippen LogP contribution in [-0.2, 0) is 4.79 Å². The molecule has 0 radical (unpaired) electrons. The van der Waals surface area contributed by atoms with Crippen LogP contribution < -0.4 is 20.5 Å². The van der Waals surface area contributed by atoms with E-state index in [4.69, 9.17) is 25.5 Å². The molecule has 9 heteroatoms. The van der Waals surface area contributed by atoms with Crippen molar-refractivity contribution in [2.75, 3.05) is 7.11 Å². The number of pyridine rings is 1. The van der Waals surface area contributed by atoms with Crippen LogP contribution in [0.25, 0.3) is 33.0 Å². The Kier molecular flexibility index (Phi) is 5.27. The molecule has 2 aromatic heterocycles. The van der Waals surface area contributed by atoms with Crippen LogP contribution >= 0.6 is 11.6 Å². The van der Waals surface area contributed by atoms with Crippen LogP contribution in [-0.4, -0.2) is 23.2 Å². The molecule has 5 aromatic rings. The largest absolute Gasteiger partial charge is 0.507 e. The molecule has 37 heavy (non-hydrogen) atoms. The molecular formula is C28H18ClNO7. The Labute approximate surface area is 213 Å². The Morgan fingerprint density at radius 2 is 1.84 bits per heavy atom. The van der Waals surface area contributed by atoms with E-state index in [0.717, 1.165) is 0 Å². The van der Waals surface area contributed by atoms with Crippen molar-refractivity contribution in [2.24, 2.45) is 0 Å². The normalized spacial score (nSPS) is 15.0. The third kappa shape index (κ3) is 3.73. The van der Waals surface area contributed by atoms with Gasteiger partial charge in [-0.05, 0) is 42.0 Å². The van der Waals surface area contributed by atoms with Crippen LogP contribution in [0.3, 0.4) is 0 Å². The van der Waals surface area contributed by atoms with Gasteiger partial charge in [0, 0.05) is 39.0 Å². The zero-order valence-corrected chi connectivity index (χ0v) is 20.1. The predicted octanol–water partition coefficient (Wildman–Crippen LogP) is 5.11. The van der Waals surface area contributed by atoms with Crippen molar-refractivity contribution >= 4 is 39.4 Å². The number of carbonyl (C=O) groups excluding carboxylic acids is 1. The first-order valence-electron chi connectivity index (χ1n) is 11.3. The van der Waals surface area contributed by atoms with E-state index >= 15 is 0 Å². The number of esters is 1. The van der Waals surface area contributed by atoms with Gasteiger partial charge in [-0.15, -0.1) is 0 Å². The number of aromatic nitrogens is 1. The zero-order chi connectivity index (χ0) is 25.8. The molecule has 3 heterocycles. The van der Waals surface area contributed by atoms with E-state index in [0.29, 0.717) is 32.8 Å². The van der Waals surface area contributed by atoms with Crippen molar-refractivity contribution in [2.45, 2.75) is 12.3 Å². The lowest BCUT2D eigenvalue weighted by Crippen LogP contribution is -2.26. The summed E-state index contributed by atoms with van der Waals surface area (Å²) in [7, 11) is 1.54. The monoisotopic (exact) mass is 515 g/mol. The van der Waals surface area contributed by atoms with Crippen LogP contribution in [0.4, 0.5) is 0 Å². The number of methoxy groups -OCH3 is 1. The molecule has 0 aliphatic carbocycles. The van der Waals surface area contributed by atoms with Gasteiger partial charge >= 0.3 is 5.97 Å². The minimum Gasteiger partial charge on any atom is -0.507 e. The summed E-state index contributed by atoms with van der Waals surface area (Å²) in [5.74, 6) is -1.14. The van der Waals surface area contributed by atoms with E-state index in [-0.39, 0.29) is 34.3 Å². The lowest BCUT2D eigenvalue weighted by Gasteiger charge is -2.25. The second kappa shape index (κ2) is 8.53. The average molecular weight is 516 g/mol. The summed E-state index contributed by atoms with van der Waals surface area (Å²) in [6, 6.07) is 14.7. The number of benzene rings is 3. The first kappa shape index (κ1) is 22.9. The number of rotatable bonds is 3. The zero-order valence-electron chi connectivity index (χ0n) is 19.3. The number of aromatic amines is 1. The molecule has 2 N–H and O–H groups in total. The number of H-pyrrole nitrogens is 1. The van der Waals surface area contributed by atoms with Crippen LogP contribution in [0.1, 0.15) is 23.5 Å². The Morgan fingerprint density at radius 1 is 1.05 bits per heavy atom. The second-order valence-corrected chi connectivity index (χ2v) is 9.17. The molecule has 8 nitrogen and oxygen atoms in total. The predicted molar refractivity (Wildman–Crippen MR) is 138 cm³/mol. The van der Waals surface area contributed by atoms with Gasteiger partial charge in [0.05, 0.1) is 19.1 Å². The maximum atomic E-state index is 13.5. The number of phenols is 1. The summed E-state index contributed by atoms with van der Waals surface area (Å²) in [5, 5.41) is 11.9. The number of fused-ring (bicyclic) bond motifs is 4. The fraction of sp³-hybridized carbons (Fsp3) is 0.107. The van der Waals surface area contributed by atoms with Gasteiger partial charge in [0.15, 0.2) is 0 Å². The van der Waals surface area contributed by atoms with E-state index in [9.17, 15) is 19.5 Å². The average Bonchev–Trinajstić information content (AvgIpc) is 2.88. The summed E-state index contributed by atoms with van der Waals surface area (Å²) in [6.07, 6.45) is 1.13. The quantitative estimate of drug-likeness (QED) is 0.253. The lowest BCUT2D eigenvalue weighted by atomic mass is 9.85. The highest BCUT2D eigenvalue weighted by atomic mass is 35.5. The molecule has 1 unspecified atom stereocenters. The summed E-state index contributed by atoms with van der Waals surface area (Å²) in [6.45, 7) is 0. The highest BCUT2D eigenvalue weighted by molar-refractivity contribution is 6.30. The first-order chi connectivity index (χ1) is 17.8. The van der Waals surface area contributed by atoms with Crippen molar-refractivity contribution < 1.29 is 23.8 Å². The van der Waals surface area contributed by atoms with Crippen molar-refractivity contribution in [1.29, 1.82) is 0 Å². The Morgan fingerprint density at radius 3 is 2.59 bits per heavy atom. The molecule has 3 aromatic carbocycles. The maximum absolute atomic E-state index is 13.5. The van der Waals surface area contributed by atoms with Crippen LogP contribution in [0, 0.1) is 0 Å². The fourth-order valence-electron chi connectivity index (χ4n) is 4.81. The molecule has 184 valence electrons. The van der Waals surface area contributed by atoms with Crippen molar-refractivity contribution in [3.05, 3.63) is 97.6 Å². The SMILES string of the molecule is COc1ccc2[nH]c(=O)c(C3CC(=O)Oc4cc(O)c5c(=O)c(-c6ccc(Cl)cc6)coc5c43)cc2c1. The van der Waals surface area contributed by atoms with E-state index in [1.54, 1.807) is 55.6 Å². The topological polar surface area (TPSA) is 119 Å². The molecule has 1 aliphatic rings. The van der Waals surface area contributed by atoms with E-state index in [1.165, 1.54) is 12.3 Å². The molecule has 0 bridgehead atoms. The lowest BCUT2D eigenvalue weighted by molar-refractivity contribution is -0.135. The molecule has 0 amide bonds. The van der Waals surface area contributed by atoms with Crippen LogP contribution in [0.5, 0.6) is 17.2 Å². The number of hydrogen-bond donors (Lipinski definition) is 2. The van der Waals surface area contributed by atoms with E-state index < -0.39 is 28.6 Å². The second-order valence-electron chi connectivity index (χ2n) is 8.73. The molecule has 0 spiro atoms. The van der Waals surface area contributed by atoms with Gasteiger partial charge in [0.1, 0.15) is 34.5 Å². The number of halogens is 1. The third-order valence-corrected chi connectivity index (χ3v) is 6.83. The van der Waals surface area contributed by atoms with Gasteiger partial charge in [-0.25, -0.2) is 0 Å². The number of nitrogens with one attached hydrogen (secondary N) is 1. The molecule has 0 saturated heterocycles. The minimum absolute atomic E-state index is 0.0267. The van der Waals surface area contributed by atoms with Gasteiger partial charge in [-0.1, -0.05) is 23.7 Å². The summed E-state index contributed by atoms with van der Waals surface area (Å²) in [4.78, 5) is 42.0. The Hall–Kier alpha value is -4.56. The van der Waals surface area contributed by atoms with Crippen LogP contribution in [0.15, 0.2) is 74.9 Å². The molecular weight excluding hydrogens is 498 g/mol. The number of hydrogen-bond acceptors (Lipinski definition) is 7. The van der Waals surface area contributed by atoms with Gasteiger partial charge in [-0.3, -0.25) is 14.4 Å². The summed E-state index contributed by atoms with van der Waals surface area (Å²) < 4.78 is 16.6. The highest BCUT2D eigenvalue weighted by Crippen LogP contribution is 2.45. The first-order valence-corrected chi connectivity index (χ1v) is 11.7. The fourth-order valence-corrected chi connectivity index (χ4v) is 4.94. The number of phenolic OH excluding ortho intramolecular Hbond substituents is 1. The molecule has 6 rings (SSSR count). The van der Waals surface area contributed by atoms with E-state index in [1.807, 2.05) is 0 Å². The summed E-state index contributed by atoms with van der Waals surface area (Å²) in [5.41, 5.74) is 1.17. The Balaban J connectivity index is 1.61. The number of carbonyl (C=O) groups is 1. The molecule has 0 fully saturated rings. The minimum atomic E-state index is -0.789. The van der Waals surface area contributed by atoms with Crippen molar-refractivity contribution in [3.8, 4) is 28.4 Å². The van der Waals surface area contributed by atoms with Gasteiger partial charge in [0.2, 0.25) is 5.43 Å². The third-order valence-electron chi connectivity index (χ3n) is 6.58. The number of aromatic hydroxyl groups is 1. The smallest absolute Gasteiger partial charge is 0.312 e. The van der Waals surface area contributed by atoms with Gasteiger partial charge in [-0.2, -0.15) is 0 Å². The maximum Gasteiger partial charge on any atom is 0.312 e. The van der Waals surface area contributed by atoms with Crippen molar-refractivity contribution in [3.63, 3.8) is 0 Å². The molecule has 1 aliphatic heterocycles. The van der Waals surface area contributed by atoms with E-state index in [2.05, 4.69) is 4.98 Å². The summed E-state index contributed by atoms with van der Waals surface area (Å²) >= 11 is 5.97. The van der Waals surface area contributed by atoms with Gasteiger partial charge < -0.3 is 24.0 Å². The Bertz CT molecular complexity index is 1850. The molecule has 0 saturated carbocycles. The van der Waals surface area contributed by atoms with Gasteiger partial charge in [0.25, 0.3) is 5.56 Å². The van der Waals surface area contributed by atoms with Crippen molar-refractivity contribution in [1.82, 2.24) is 4.98 Å². The standard InChI is InChI=1S/C28H18ClNO7/c1-35-16-6-7-20-14(8-16)9-18(28(34)30-20)17-10-23(32)37-22-11-21(31)25-26(33)19(12-36-27(25)24(17)22)13-2-4-15(29)5-3-13/h2-9,11-12,17,31H,10H2,1H3,(H,30,34). The number of ether oxygens (including phenoxy) is 2.